The van der Waals surface area contributed by atoms with Crippen LogP contribution in [-0.2, 0) is 31.9 Å². The van der Waals surface area contributed by atoms with E-state index in [1.54, 1.807) is 0 Å². The van der Waals surface area contributed by atoms with Gasteiger partial charge in [-0.25, -0.2) is 0 Å². The van der Waals surface area contributed by atoms with Gasteiger partial charge in [-0.05, 0) is 0 Å². The van der Waals surface area contributed by atoms with Crippen molar-refractivity contribution in [2.24, 2.45) is 0 Å². The predicted molar refractivity (Wildman–Crippen MR) is 14.3 cm³/mol. The molecule has 9 heteroatoms. The molecule has 6 N–H and O–H groups in total. The third kappa shape index (κ3) is 1670. The van der Waals surface area contributed by atoms with Gasteiger partial charge in [0.05, 0.1) is 0 Å². The summed E-state index contributed by atoms with van der Waals surface area (Å²) in [4.78, 5) is 0. The summed E-state index contributed by atoms with van der Waals surface area (Å²) in [5.41, 5.74) is 0. The van der Waals surface area contributed by atoms with Gasteiger partial charge in [-0.2, -0.15) is 0 Å². The van der Waals surface area contributed by atoms with E-state index >= 15 is 0 Å². The van der Waals surface area contributed by atoms with Crippen molar-refractivity contribution < 1.29 is 48.4 Å². The minimum atomic E-state index is -7.94. The van der Waals surface area contributed by atoms with Gasteiger partial charge < -0.3 is 16.4 Å². The summed E-state index contributed by atoms with van der Waals surface area (Å²) < 4.78 is 43.3. The van der Waals surface area contributed by atoms with Crippen LogP contribution in [0.25, 0.3) is 0 Å². The van der Waals surface area contributed by atoms with Gasteiger partial charge in [0.15, 0.2) is 0 Å². The van der Waals surface area contributed by atoms with Crippen molar-refractivity contribution >= 4 is 0 Å². The average Bonchev–Trinajstić information content (AvgIpc) is 0.650. The summed E-state index contributed by atoms with van der Waals surface area (Å²) in [6, 6.07) is 0. The second-order valence-corrected chi connectivity index (χ2v) is 4.41. The summed E-state index contributed by atoms with van der Waals surface area (Å²) >= 11 is -7.94. The first-order valence-electron chi connectivity index (χ1n) is 0.913. The Labute approximate surface area is 49.0 Å². The van der Waals surface area contributed by atoms with Crippen molar-refractivity contribution in [3.63, 3.8) is 0 Å². The maximum atomic E-state index is 8.66. The van der Waals surface area contributed by atoms with Gasteiger partial charge in [0.25, 0.3) is 0 Å². The van der Waals surface area contributed by atoms with E-state index in [0.717, 1.165) is 0 Å². The van der Waals surface area contributed by atoms with Crippen LogP contribution in [-0.4, -0.2) is 16.4 Å². The predicted octanol–water partition coefficient (Wildman–Crippen LogP) is -3.07. The van der Waals surface area contributed by atoms with Crippen LogP contribution >= 0.6 is 0 Å². The first-order valence-corrected chi connectivity index (χ1v) is 5.40. The van der Waals surface area contributed by atoms with Crippen molar-refractivity contribution in [1.29, 1.82) is 0 Å². The van der Waals surface area contributed by atoms with E-state index in [2.05, 4.69) is 0 Å². The SMILES string of the molecule is O.O.O.[O]=[Nb](=[O])(=[O])(=[O])=[O]. The fourth-order valence-corrected chi connectivity index (χ4v) is 0. The Balaban J connectivity index is -0.0000000417. The van der Waals surface area contributed by atoms with Crippen molar-refractivity contribution in [3.8, 4) is 0 Å². The normalized spacial score (nSPS) is 6.67. The van der Waals surface area contributed by atoms with Crippen LogP contribution in [0.4, 0.5) is 0 Å². The molecule has 0 saturated heterocycles. The van der Waals surface area contributed by atoms with E-state index in [1.807, 2.05) is 0 Å². The van der Waals surface area contributed by atoms with Gasteiger partial charge in [0, 0.05) is 0 Å². The Kier molecular flexibility index (Phi) is 9.40. The van der Waals surface area contributed by atoms with Crippen molar-refractivity contribution in [2.45, 2.75) is 0 Å². The first-order chi connectivity index (χ1) is 2.24. The molecule has 0 aromatic rings. The van der Waals surface area contributed by atoms with E-state index in [1.165, 1.54) is 0 Å². The van der Waals surface area contributed by atoms with Gasteiger partial charge in [0.1, 0.15) is 0 Å². The zero-order valence-corrected chi connectivity index (χ0v) is 6.19. The van der Waals surface area contributed by atoms with E-state index in [0.29, 0.717) is 0 Å². The molecule has 0 atom stereocenters. The monoisotopic (exact) mass is 227 g/mol. The third-order valence-corrected chi connectivity index (χ3v) is 0. The topological polar surface area (TPSA) is 180 Å². The number of hydrogen-bond acceptors (Lipinski definition) is 5. The van der Waals surface area contributed by atoms with E-state index in [-0.39, 0.29) is 16.4 Å². The second kappa shape index (κ2) is 3.61. The summed E-state index contributed by atoms with van der Waals surface area (Å²) in [5.74, 6) is 0. The van der Waals surface area contributed by atoms with Gasteiger partial charge in [-0.3, -0.25) is 0 Å². The molecule has 0 aliphatic carbocycles. The molecule has 0 fully saturated rings. The quantitative estimate of drug-likeness (QED) is 0.397. The van der Waals surface area contributed by atoms with Crippen molar-refractivity contribution in [1.82, 2.24) is 0 Å². The molecule has 0 saturated carbocycles. The Bertz CT molecular complexity index is 274. The molecule has 59 valence electrons. The molecule has 9 heavy (non-hydrogen) atoms. The van der Waals surface area contributed by atoms with E-state index < -0.39 is 15.7 Å². The fourth-order valence-electron chi connectivity index (χ4n) is 0. The average molecular weight is 227 g/mol. The summed E-state index contributed by atoms with van der Waals surface area (Å²) in [6.07, 6.45) is 0. The van der Waals surface area contributed by atoms with Crippen LogP contribution < -0.4 is 0 Å². The van der Waals surface area contributed by atoms with Crippen LogP contribution in [0.3, 0.4) is 0 Å². The molecule has 0 aromatic carbocycles. The Morgan fingerprint density at radius 1 is 0.556 bits per heavy atom. The van der Waals surface area contributed by atoms with E-state index in [4.69, 9.17) is 16.3 Å². The van der Waals surface area contributed by atoms with Gasteiger partial charge >= 0.3 is 31.9 Å². The summed E-state index contributed by atoms with van der Waals surface area (Å²) in [5, 5.41) is 0. The van der Waals surface area contributed by atoms with E-state index in [9.17, 15) is 0 Å². The molecule has 0 aliphatic heterocycles. The first kappa shape index (κ1) is 23.4. The number of rotatable bonds is 0. The summed E-state index contributed by atoms with van der Waals surface area (Å²) in [6.45, 7) is 0. The molecule has 0 radical (unpaired) electrons. The standard InChI is InChI=1S/Nb.3H2O.5O/h;3*1H2;;;;;. The Hall–Kier alpha value is -0.380. The van der Waals surface area contributed by atoms with Crippen LogP contribution in [0.15, 0.2) is 0 Å². The molecule has 0 aromatic heterocycles. The molecule has 0 bridgehead atoms. The molecular formula is H6NbO8. The van der Waals surface area contributed by atoms with Gasteiger partial charge in [0.2, 0.25) is 0 Å². The second-order valence-electron chi connectivity index (χ2n) is 0.745. The zero-order valence-electron chi connectivity index (χ0n) is 3.99. The molecule has 0 rings (SSSR count). The van der Waals surface area contributed by atoms with Crippen LogP contribution in [0, 0.1) is 0 Å². The van der Waals surface area contributed by atoms with Crippen LogP contribution in [0.5, 0.6) is 0 Å². The molecule has 0 heterocycles. The molecule has 8 nitrogen and oxygen atoms in total. The van der Waals surface area contributed by atoms with Gasteiger partial charge in [-0.1, -0.05) is 0 Å². The van der Waals surface area contributed by atoms with Crippen LogP contribution in [0.1, 0.15) is 0 Å². The molecule has 0 spiro atoms. The third-order valence-electron chi connectivity index (χ3n) is 0. The Morgan fingerprint density at radius 2 is 0.556 bits per heavy atom. The molecular weight excluding hydrogens is 221 g/mol. The molecule has 0 unspecified atom stereocenters. The Morgan fingerprint density at radius 3 is 0.556 bits per heavy atom. The van der Waals surface area contributed by atoms with Crippen molar-refractivity contribution in [3.05, 3.63) is 0 Å². The molecule has 0 amide bonds. The maximum absolute atomic E-state index is 8.66. The summed E-state index contributed by atoms with van der Waals surface area (Å²) in [7, 11) is 0. The fraction of sp³-hybridized carbons (Fsp3) is 0. The number of hydrogen-bond donors (Lipinski definition) is 0. The zero-order chi connectivity index (χ0) is 5.45. The van der Waals surface area contributed by atoms with Crippen molar-refractivity contribution in [2.75, 3.05) is 0 Å². The molecule has 0 aliphatic rings. The minimum absolute atomic E-state index is 0. The van der Waals surface area contributed by atoms with Gasteiger partial charge in [-0.15, -0.1) is 0 Å². The van der Waals surface area contributed by atoms with Crippen LogP contribution in [0.2, 0.25) is 0 Å².